The van der Waals surface area contributed by atoms with Crippen molar-refractivity contribution in [3.63, 3.8) is 0 Å². The summed E-state index contributed by atoms with van der Waals surface area (Å²) in [6.45, 7) is 2.74. The van der Waals surface area contributed by atoms with Gasteiger partial charge in [0.05, 0.1) is 24.5 Å². The normalized spacial score (nSPS) is 11.0. The van der Waals surface area contributed by atoms with Gasteiger partial charge >= 0.3 is 0 Å². The molecule has 1 aromatic carbocycles. The Labute approximate surface area is 130 Å². The lowest BCUT2D eigenvalue weighted by molar-refractivity contribution is 0.397. The number of nitrogens with one attached hydrogen (secondary N) is 1. The highest BCUT2D eigenvalue weighted by molar-refractivity contribution is 5.74. The monoisotopic (exact) mass is 296 g/mol. The van der Waals surface area contributed by atoms with E-state index in [1.54, 1.807) is 7.11 Å². The molecule has 22 heavy (non-hydrogen) atoms. The summed E-state index contributed by atoms with van der Waals surface area (Å²) in [7, 11) is 1.63. The van der Waals surface area contributed by atoms with E-state index in [1.165, 1.54) is 5.52 Å². The topological polar surface area (TPSA) is 52.0 Å². The molecule has 0 aliphatic carbocycles. The van der Waals surface area contributed by atoms with Gasteiger partial charge < -0.3 is 14.6 Å². The molecular weight excluding hydrogens is 276 g/mol. The largest absolute Gasteiger partial charge is 0.481 e. The van der Waals surface area contributed by atoms with Crippen molar-refractivity contribution in [2.75, 3.05) is 13.7 Å². The maximum Gasteiger partial charge on any atom is 0.212 e. The molecule has 2 aromatic heterocycles. The Kier molecular flexibility index (Phi) is 4.65. The van der Waals surface area contributed by atoms with E-state index in [-0.39, 0.29) is 0 Å². The lowest BCUT2D eigenvalue weighted by Gasteiger charge is -2.07. The van der Waals surface area contributed by atoms with E-state index < -0.39 is 0 Å². The summed E-state index contributed by atoms with van der Waals surface area (Å²) in [5.41, 5.74) is 3.41. The lowest BCUT2D eigenvalue weighted by atomic mass is 10.3. The SMILES string of the molecule is COc1ccc(CNCCCn2cnc3ccccc32)cn1. The van der Waals surface area contributed by atoms with E-state index >= 15 is 0 Å². The molecule has 0 saturated carbocycles. The van der Waals surface area contributed by atoms with Crippen LogP contribution in [-0.4, -0.2) is 28.2 Å². The van der Waals surface area contributed by atoms with Crippen LogP contribution in [-0.2, 0) is 13.1 Å². The standard InChI is InChI=1S/C17H20N4O/c1-22-17-8-7-14(12-19-17)11-18-9-4-10-21-13-20-15-5-2-3-6-16(15)21/h2-3,5-8,12-13,18H,4,9-11H2,1H3. The predicted octanol–water partition coefficient (Wildman–Crippen LogP) is 2.62. The van der Waals surface area contributed by atoms with Crippen LogP contribution in [0, 0.1) is 0 Å². The Hall–Kier alpha value is -2.40. The van der Waals surface area contributed by atoms with E-state index in [0.717, 1.165) is 37.1 Å². The maximum atomic E-state index is 5.05. The summed E-state index contributed by atoms with van der Waals surface area (Å²) in [6.07, 6.45) is 4.82. The van der Waals surface area contributed by atoms with Crippen molar-refractivity contribution in [3.8, 4) is 5.88 Å². The summed E-state index contributed by atoms with van der Waals surface area (Å²) < 4.78 is 7.25. The van der Waals surface area contributed by atoms with Gasteiger partial charge in [-0.2, -0.15) is 0 Å². The Morgan fingerprint density at radius 2 is 2.05 bits per heavy atom. The number of benzene rings is 1. The fourth-order valence-electron chi connectivity index (χ4n) is 2.43. The van der Waals surface area contributed by atoms with Crippen LogP contribution in [0.2, 0.25) is 0 Å². The first-order valence-corrected chi connectivity index (χ1v) is 7.46. The molecule has 2 heterocycles. The minimum absolute atomic E-state index is 0.649. The van der Waals surface area contributed by atoms with Gasteiger partial charge in [0.2, 0.25) is 5.88 Å². The smallest absolute Gasteiger partial charge is 0.212 e. The number of ether oxygens (including phenoxy) is 1. The van der Waals surface area contributed by atoms with Gasteiger partial charge in [-0.05, 0) is 30.7 Å². The second kappa shape index (κ2) is 7.04. The molecule has 114 valence electrons. The summed E-state index contributed by atoms with van der Waals surface area (Å²) >= 11 is 0. The third-order valence-corrected chi connectivity index (χ3v) is 3.62. The summed E-state index contributed by atoms with van der Waals surface area (Å²) in [6, 6.07) is 12.1. The first-order chi connectivity index (χ1) is 10.9. The maximum absolute atomic E-state index is 5.05. The number of methoxy groups -OCH3 is 1. The van der Waals surface area contributed by atoms with Gasteiger partial charge in [0.25, 0.3) is 0 Å². The van der Waals surface area contributed by atoms with Crippen LogP contribution in [0.3, 0.4) is 0 Å². The van der Waals surface area contributed by atoms with Crippen molar-refractivity contribution in [1.29, 1.82) is 0 Å². The van der Waals surface area contributed by atoms with Crippen LogP contribution in [0.4, 0.5) is 0 Å². The summed E-state index contributed by atoms with van der Waals surface area (Å²) in [4.78, 5) is 8.60. The molecule has 0 fully saturated rings. The molecule has 0 aliphatic rings. The van der Waals surface area contributed by atoms with Crippen LogP contribution in [0.15, 0.2) is 48.9 Å². The fourth-order valence-corrected chi connectivity index (χ4v) is 2.43. The average Bonchev–Trinajstić information content (AvgIpc) is 2.98. The highest BCUT2D eigenvalue weighted by Gasteiger charge is 2.01. The average molecular weight is 296 g/mol. The highest BCUT2D eigenvalue weighted by atomic mass is 16.5. The molecule has 0 unspecified atom stereocenters. The van der Waals surface area contributed by atoms with Gasteiger partial charge in [-0.15, -0.1) is 0 Å². The fraction of sp³-hybridized carbons (Fsp3) is 0.294. The minimum Gasteiger partial charge on any atom is -0.481 e. The molecule has 0 amide bonds. The van der Waals surface area contributed by atoms with Crippen molar-refractivity contribution in [2.24, 2.45) is 0 Å². The van der Waals surface area contributed by atoms with Crippen LogP contribution in [0.25, 0.3) is 11.0 Å². The molecule has 5 heteroatoms. The van der Waals surface area contributed by atoms with E-state index in [0.29, 0.717) is 5.88 Å². The number of imidazole rings is 1. The molecule has 0 saturated heterocycles. The van der Waals surface area contributed by atoms with Crippen LogP contribution in [0.1, 0.15) is 12.0 Å². The van der Waals surface area contributed by atoms with E-state index in [9.17, 15) is 0 Å². The molecule has 0 atom stereocenters. The molecule has 3 rings (SSSR count). The van der Waals surface area contributed by atoms with Crippen molar-refractivity contribution in [3.05, 3.63) is 54.5 Å². The third-order valence-electron chi connectivity index (χ3n) is 3.62. The van der Waals surface area contributed by atoms with Gasteiger partial charge in [0, 0.05) is 25.4 Å². The zero-order valence-electron chi connectivity index (χ0n) is 12.7. The Bertz CT molecular complexity index is 721. The number of hydrogen-bond acceptors (Lipinski definition) is 4. The first kappa shape index (κ1) is 14.5. The van der Waals surface area contributed by atoms with Crippen molar-refractivity contribution >= 4 is 11.0 Å². The first-order valence-electron chi connectivity index (χ1n) is 7.46. The molecular formula is C17H20N4O. The van der Waals surface area contributed by atoms with E-state index in [4.69, 9.17) is 4.74 Å². The number of pyridine rings is 1. The number of rotatable bonds is 7. The second-order valence-corrected chi connectivity index (χ2v) is 5.17. The van der Waals surface area contributed by atoms with E-state index in [1.807, 2.05) is 36.8 Å². The van der Waals surface area contributed by atoms with Crippen molar-refractivity contribution in [2.45, 2.75) is 19.5 Å². The highest BCUT2D eigenvalue weighted by Crippen LogP contribution is 2.12. The van der Waals surface area contributed by atoms with Gasteiger partial charge in [-0.25, -0.2) is 9.97 Å². The van der Waals surface area contributed by atoms with Crippen LogP contribution >= 0.6 is 0 Å². The second-order valence-electron chi connectivity index (χ2n) is 5.17. The van der Waals surface area contributed by atoms with E-state index in [2.05, 4.69) is 32.0 Å². The Morgan fingerprint density at radius 1 is 1.14 bits per heavy atom. The zero-order valence-corrected chi connectivity index (χ0v) is 12.7. The molecule has 5 nitrogen and oxygen atoms in total. The zero-order chi connectivity index (χ0) is 15.2. The molecule has 0 radical (unpaired) electrons. The number of nitrogens with zero attached hydrogens (tertiary/aromatic N) is 3. The number of para-hydroxylation sites is 2. The predicted molar refractivity (Wildman–Crippen MR) is 86.8 cm³/mol. The van der Waals surface area contributed by atoms with Crippen molar-refractivity contribution < 1.29 is 4.74 Å². The number of hydrogen-bond donors (Lipinski definition) is 1. The molecule has 1 N–H and O–H groups in total. The summed E-state index contributed by atoms with van der Waals surface area (Å²) in [5, 5.41) is 3.44. The van der Waals surface area contributed by atoms with Crippen LogP contribution < -0.4 is 10.1 Å². The third kappa shape index (κ3) is 3.43. The van der Waals surface area contributed by atoms with Gasteiger partial charge in [-0.1, -0.05) is 18.2 Å². The van der Waals surface area contributed by atoms with Gasteiger partial charge in [-0.3, -0.25) is 0 Å². The minimum atomic E-state index is 0.649. The van der Waals surface area contributed by atoms with Gasteiger partial charge in [0.1, 0.15) is 0 Å². The Balaban J connectivity index is 1.43. The molecule has 0 aliphatic heterocycles. The lowest BCUT2D eigenvalue weighted by Crippen LogP contribution is -2.16. The van der Waals surface area contributed by atoms with Crippen LogP contribution in [0.5, 0.6) is 5.88 Å². The molecule has 0 spiro atoms. The molecule has 3 aromatic rings. The Morgan fingerprint density at radius 3 is 2.86 bits per heavy atom. The quantitative estimate of drug-likeness (QED) is 0.681. The summed E-state index contributed by atoms with van der Waals surface area (Å²) in [5.74, 6) is 0.649. The number of aryl methyl sites for hydroxylation is 1. The van der Waals surface area contributed by atoms with Gasteiger partial charge in [0.15, 0.2) is 0 Å². The van der Waals surface area contributed by atoms with Crippen molar-refractivity contribution in [1.82, 2.24) is 19.9 Å². The number of aromatic nitrogens is 3. The number of fused-ring (bicyclic) bond motifs is 1. The molecule has 0 bridgehead atoms.